The molecule has 0 aromatic heterocycles. The Labute approximate surface area is 53.1 Å². The Hall–Kier alpha value is -0.120. The third-order valence-electron chi connectivity index (χ3n) is 0.820. The van der Waals surface area contributed by atoms with E-state index in [-0.39, 0.29) is 0 Å². The molecule has 42 valence electrons. The highest BCUT2D eigenvalue weighted by Crippen LogP contribution is 2.48. The second kappa shape index (κ2) is 2.44. The van der Waals surface area contributed by atoms with Crippen LogP contribution in [-0.4, -0.2) is 6.16 Å². The molecular weight excluding hydrogens is 139 g/mol. The van der Waals surface area contributed by atoms with Crippen molar-refractivity contribution in [3.63, 3.8) is 0 Å². The molecule has 1 heterocycles. The molecule has 1 rings (SSSR count). The van der Waals surface area contributed by atoms with E-state index in [1.54, 1.807) is 0 Å². The molecule has 1 aliphatic heterocycles. The summed E-state index contributed by atoms with van der Waals surface area (Å²) in [5.41, 5.74) is 0. The van der Waals surface area contributed by atoms with Crippen LogP contribution in [0.25, 0.3) is 0 Å². The SMILES string of the molecule is C#CC1=CC[PH](=O)S1. The van der Waals surface area contributed by atoms with Crippen molar-refractivity contribution in [3.05, 3.63) is 11.0 Å². The summed E-state index contributed by atoms with van der Waals surface area (Å²) in [6, 6.07) is 0. The van der Waals surface area contributed by atoms with Crippen molar-refractivity contribution in [1.29, 1.82) is 0 Å². The average molecular weight is 144 g/mol. The third kappa shape index (κ3) is 1.18. The highest BCUT2D eigenvalue weighted by atomic mass is 32.7. The first-order valence-electron chi connectivity index (χ1n) is 2.20. The van der Waals surface area contributed by atoms with E-state index in [4.69, 9.17) is 6.42 Å². The minimum atomic E-state index is -1.39. The van der Waals surface area contributed by atoms with Gasteiger partial charge < -0.3 is 4.57 Å². The van der Waals surface area contributed by atoms with Gasteiger partial charge in [0.2, 0.25) is 0 Å². The van der Waals surface area contributed by atoms with Gasteiger partial charge in [0, 0.05) is 6.16 Å². The molecule has 0 amide bonds. The summed E-state index contributed by atoms with van der Waals surface area (Å²) in [4.78, 5) is 0.842. The van der Waals surface area contributed by atoms with Crippen LogP contribution >= 0.6 is 18.4 Å². The lowest BCUT2D eigenvalue weighted by Crippen LogP contribution is -1.56. The minimum Gasteiger partial charge on any atom is -0.315 e. The van der Waals surface area contributed by atoms with Crippen LogP contribution in [0.4, 0.5) is 0 Å². The van der Waals surface area contributed by atoms with Crippen LogP contribution in [0.3, 0.4) is 0 Å². The summed E-state index contributed by atoms with van der Waals surface area (Å²) in [5.74, 6) is 2.44. The summed E-state index contributed by atoms with van der Waals surface area (Å²) >= 11 is 1.34. The van der Waals surface area contributed by atoms with Crippen LogP contribution < -0.4 is 0 Å². The topological polar surface area (TPSA) is 17.1 Å². The molecule has 0 aliphatic carbocycles. The average Bonchev–Trinajstić information content (AvgIpc) is 2.14. The largest absolute Gasteiger partial charge is 0.315 e. The molecule has 0 N–H and O–H groups in total. The molecule has 0 spiro atoms. The number of hydrogen-bond acceptors (Lipinski definition) is 2. The van der Waals surface area contributed by atoms with E-state index in [1.165, 1.54) is 11.4 Å². The monoisotopic (exact) mass is 144 g/mol. The maximum absolute atomic E-state index is 10.6. The van der Waals surface area contributed by atoms with Crippen molar-refractivity contribution in [2.45, 2.75) is 0 Å². The van der Waals surface area contributed by atoms with Gasteiger partial charge in [0.1, 0.15) is 7.00 Å². The molecule has 1 atom stereocenters. The second-order valence-electron chi connectivity index (χ2n) is 1.39. The zero-order valence-electron chi connectivity index (χ0n) is 4.18. The van der Waals surface area contributed by atoms with E-state index in [0.717, 1.165) is 4.91 Å². The molecule has 0 radical (unpaired) electrons. The van der Waals surface area contributed by atoms with Gasteiger partial charge in [-0.2, -0.15) is 0 Å². The molecule has 0 fully saturated rings. The molecule has 1 aliphatic rings. The van der Waals surface area contributed by atoms with Crippen LogP contribution in [0.5, 0.6) is 0 Å². The molecule has 0 saturated carbocycles. The van der Waals surface area contributed by atoms with Crippen LogP contribution in [0, 0.1) is 12.3 Å². The molecule has 1 nitrogen and oxygen atoms in total. The predicted molar refractivity (Wildman–Crippen MR) is 38.4 cm³/mol. The third-order valence-corrected chi connectivity index (χ3v) is 3.93. The Morgan fingerprint density at radius 1 is 2.00 bits per heavy atom. The summed E-state index contributed by atoms with van der Waals surface area (Å²) in [6.07, 6.45) is 7.58. The van der Waals surface area contributed by atoms with Gasteiger partial charge in [-0.3, -0.25) is 0 Å². The lowest BCUT2D eigenvalue weighted by molar-refractivity contribution is 0.598. The van der Waals surface area contributed by atoms with Gasteiger partial charge in [-0.25, -0.2) is 0 Å². The lowest BCUT2D eigenvalue weighted by Gasteiger charge is -1.81. The normalized spacial score (nSPS) is 26.9. The van der Waals surface area contributed by atoms with Gasteiger partial charge in [0.25, 0.3) is 0 Å². The Bertz CT molecular complexity index is 189. The molecule has 0 aromatic carbocycles. The van der Waals surface area contributed by atoms with Gasteiger partial charge in [-0.1, -0.05) is 23.4 Å². The van der Waals surface area contributed by atoms with Gasteiger partial charge >= 0.3 is 0 Å². The first kappa shape index (κ1) is 6.01. The number of rotatable bonds is 0. The van der Waals surface area contributed by atoms with Crippen molar-refractivity contribution in [2.75, 3.05) is 6.16 Å². The van der Waals surface area contributed by atoms with Gasteiger partial charge in [0.05, 0.1) is 4.91 Å². The fraction of sp³-hybridized carbons (Fsp3) is 0.200. The summed E-state index contributed by atoms with van der Waals surface area (Å²) in [7, 11) is -1.39. The van der Waals surface area contributed by atoms with E-state index in [0.29, 0.717) is 6.16 Å². The maximum atomic E-state index is 10.6. The van der Waals surface area contributed by atoms with Crippen LogP contribution in [-0.2, 0) is 4.57 Å². The van der Waals surface area contributed by atoms with Gasteiger partial charge in [-0.05, 0) is 0 Å². The molecular formula is C5H5OPS. The molecule has 0 saturated heterocycles. The van der Waals surface area contributed by atoms with Crippen molar-refractivity contribution >= 4 is 18.4 Å². The summed E-state index contributed by atoms with van der Waals surface area (Å²) in [6.45, 7) is 0. The zero-order chi connectivity index (χ0) is 5.98. The van der Waals surface area contributed by atoms with E-state index >= 15 is 0 Å². The summed E-state index contributed by atoms with van der Waals surface area (Å²) < 4.78 is 10.6. The highest BCUT2D eigenvalue weighted by Gasteiger charge is 2.08. The smallest absolute Gasteiger partial charge is 0.136 e. The molecule has 0 aromatic rings. The fourth-order valence-corrected chi connectivity index (χ4v) is 3.21. The van der Waals surface area contributed by atoms with Crippen LogP contribution in [0.2, 0.25) is 0 Å². The van der Waals surface area contributed by atoms with Crippen molar-refractivity contribution in [3.8, 4) is 12.3 Å². The van der Waals surface area contributed by atoms with E-state index in [2.05, 4.69) is 5.92 Å². The van der Waals surface area contributed by atoms with Crippen LogP contribution in [0.15, 0.2) is 11.0 Å². The standard InChI is InChI=1S/C5H5OPS/c1-2-5-3-4-7(6)8-5/h1,3,7H,4H2. The van der Waals surface area contributed by atoms with Gasteiger partial charge in [0.15, 0.2) is 0 Å². The number of hydrogen-bond donors (Lipinski definition) is 0. The Kier molecular flexibility index (Phi) is 1.83. The Balaban J connectivity index is 2.66. The lowest BCUT2D eigenvalue weighted by atomic mass is 10.5. The van der Waals surface area contributed by atoms with E-state index in [1.807, 2.05) is 6.08 Å². The van der Waals surface area contributed by atoms with E-state index in [9.17, 15) is 4.57 Å². The predicted octanol–water partition coefficient (Wildman–Crippen LogP) is 1.72. The fourth-order valence-electron chi connectivity index (χ4n) is 0.470. The van der Waals surface area contributed by atoms with Crippen molar-refractivity contribution < 1.29 is 4.57 Å². The zero-order valence-corrected chi connectivity index (χ0v) is 5.99. The van der Waals surface area contributed by atoms with Crippen LogP contribution in [0.1, 0.15) is 0 Å². The second-order valence-corrected chi connectivity index (χ2v) is 5.17. The maximum Gasteiger partial charge on any atom is 0.136 e. The molecule has 0 bridgehead atoms. The molecule has 3 heteroatoms. The summed E-state index contributed by atoms with van der Waals surface area (Å²) in [5, 5.41) is 0. The number of terminal acetylenes is 1. The van der Waals surface area contributed by atoms with Crippen molar-refractivity contribution in [1.82, 2.24) is 0 Å². The quantitative estimate of drug-likeness (QED) is 0.380. The molecule has 8 heavy (non-hydrogen) atoms. The first-order valence-corrected chi connectivity index (χ1v) is 5.36. The van der Waals surface area contributed by atoms with E-state index < -0.39 is 7.00 Å². The Morgan fingerprint density at radius 3 is 3.00 bits per heavy atom. The highest BCUT2D eigenvalue weighted by molar-refractivity contribution is 8.54. The molecule has 1 unspecified atom stereocenters. The number of allylic oxidation sites excluding steroid dienone is 2. The van der Waals surface area contributed by atoms with Crippen molar-refractivity contribution in [2.24, 2.45) is 0 Å². The Morgan fingerprint density at radius 2 is 2.75 bits per heavy atom. The van der Waals surface area contributed by atoms with Gasteiger partial charge in [-0.15, -0.1) is 6.42 Å². The first-order chi connectivity index (χ1) is 3.83. The minimum absolute atomic E-state index is 0.689.